The molecule has 27 heavy (non-hydrogen) atoms. The van der Waals surface area contributed by atoms with Gasteiger partial charge in [-0.25, -0.2) is 0 Å². The molecule has 6 nitrogen and oxygen atoms in total. The summed E-state index contributed by atoms with van der Waals surface area (Å²) in [6.07, 6.45) is 3.84. The van der Waals surface area contributed by atoms with Gasteiger partial charge in [0.25, 0.3) is 0 Å². The molecule has 1 fully saturated rings. The van der Waals surface area contributed by atoms with Crippen LogP contribution >= 0.6 is 0 Å². The lowest BCUT2D eigenvalue weighted by molar-refractivity contribution is -0.124. The van der Waals surface area contributed by atoms with Crippen molar-refractivity contribution in [2.45, 2.75) is 32.1 Å². The predicted octanol–water partition coefficient (Wildman–Crippen LogP) is 2.22. The van der Waals surface area contributed by atoms with E-state index in [0.717, 1.165) is 17.9 Å². The molecule has 0 radical (unpaired) electrons. The minimum absolute atomic E-state index is 0.0201. The topological polar surface area (TPSA) is 68.2 Å². The van der Waals surface area contributed by atoms with E-state index in [1.807, 2.05) is 37.6 Å². The minimum atomic E-state index is -0.0731. The third kappa shape index (κ3) is 4.69. The Kier molecular flexibility index (Phi) is 5.85. The SMILES string of the molecule is Cn1cc([C@H]2CNC[C@@H]2C(=O)NCCOc2ccccc2C(C)(C)C)cn1. The van der Waals surface area contributed by atoms with Crippen molar-refractivity contribution in [2.24, 2.45) is 13.0 Å². The van der Waals surface area contributed by atoms with E-state index in [1.165, 1.54) is 5.56 Å². The monoisotopic (exact) mass is 370 g/mol. The minimum Gasteiger partial charge on any atom is -0.491 e. The molecule has 1 amide bonds. The summed E-state index contributed by atoms with van der Waals surface area (Å²) in [6.45, 7) is 8.95. The standard InChI is InChI=1S/C21H30N4O2/c1-21(2,3)18-7-5-6-8-19(18)27-10-9-23-20(26)17-13-22-12-16(17)15-11-24-25(4)14-15/h5-8,11,14,16-17,22H,9-10,12-13H2,1-4H3,(H,23,26)/t16-,17+/m1/s1. The summed E-state index contributed by atoms with van der Waals surface area (Å²) in [5.74, 6) is 1.05. The van der Waals surface area contributed by atoms with Gasteiger partial charge in [0.1, 0.15) is 12.4 Å². The second kappa shape index (κ2) is 8.13. The molecule has 1 aromatic carbocycles. The summed E-state index contributed by atoms with van der Waals surface area (Å²) in [4.78, 5) is 12.6. The van der Waals surface area contributed by atoms with Gasteiger partial charge < -0.3 is 15.4 Å². The molecule has 0 spiro atoms. The van der Waals surface area contributed by atoms with Crippen LogP contribution in [0.25, 0.3) is 0 Å². The lowest BCUT2D eigenvalue weighted by atomic mass is 9.86. The van der Waals surface area contributed by atoms with Gasteiger partial charge in [0.2, 0.25) is 5.91 Å². The van der Waals surface area contributed by atoms with Crippen LogP contribution < -0.4 is 15.4 Å². The zero-order chi connectivity index (χ0) is 19.4. The first-order valence-electron chi connectivity index (χ1n) is 9.55. The van der Waals surface area contributed by atoms with Crippen LogP contribution in [-0.2, 0) is 17.3 Å². The van der Waals surface area contributed by atoms with E-state index in [2.05, 4.69) is 42.6 Å². The molecule has 0 saturated carbocycles. The Labute approximate surface area is 161 Å². The predicted molar refractivity (Wildman–Crippen MR) is 106 cm³/mol. The van der Waals surface area contributed by atoms with Crippen LogP contribution in [0.1, 0.15) is 37.8 Å². The van der Waals surface area contributed by atoms with E-state index >= 15 is 0 Å². The first-order chi connectivity index (χ1) is 12.9. The molecule has 6 heteroatoms. The summed E-state index contributed by atoms with van der Waals surface area (Å²) in [5, 5.41) is 10.6. The van der Waals surface area contributed by atoms with Gasteiger partial charge in [0, 0.05) is 32.3 Å². The number of hydrogen-bond acceptors (Lipinski definition) is 4. The summed E-state index contributed by atoms with van der Waals surface area (Å²) in [6, 6.07) is 8.09. The Balaban J connectivity index is 1.52. The van der Waals surface area contributed by atoms with E-state index in [9.17, 15) is 4.79 Å². The highest BCUT2D eigenvalue weighted by Gasteiger charge is 2.34. The fourth-order valence-electron chi connectivity index (χ4n) is 3.61. The molecule has 0 aliphatic carbocycles. The zero-order valence-corrected chi connectivity index (χ0v) is 16.7. The number of amides is 1. The zero-order valence-electron chi connectivity index (χ0n) is 16.7. The fraction of sp³-hybridized carbons (Fsp3) is 0.524. The number of benzene rings is 1. The Hall–Kier alpha value is -2.34. The quantitative estimate of drug-likeness (QED) is 0.765. The maximum atomic E-state index is 12.6. The molecule has 0 bridgehead atoms. The Morgan fingerprint density at radius 3 is 2.81 bits per heavy atom. The van der Waals surface area contributed by atoms with Crippen LogP contribution in [0.5, 0.6) is 5.75 Å². The van der Waals surface area contributed by atoms with Gasteiger partial charge in [-0.3, -0.25) is 9.48 Å². The molecule has 2 heterocycles. The molecule has 1 saturated heterocycles. The summed E-state index contributed by atoms with van der Waals surface area (Å²) >= 11 is 0. The van der Waals surface area contributed by atoms with E-state index in [0.29, 0.717) is 19.7 Å². The normalized spacial score (nSPS) is 19.9. The van der Waals surface area contributed by atoms with Crippen LogP contribution in [0, 0.1) is 5.92 Å². The molecule has 2 atom stereocenters. The number of aryl methyl sites for hydroxylation is 1. The molecule has 2 N–H and O–H groups in total. The number of nitrogens with one attached hydrogen (secondary N) is 2. The summed E-state index contributed by atoms with van der Waals surface area (Å²) in [5.41, 5.74) is 2.30. The number of carbonyl (C=O) groups excluding carboxylic acids is 1. The largest absolute Gasteiger partial charge is 0.491 e. The maximum Gasteiger partial charge on any atom is 0.225 e. The Morgan fingerprint density at radius 2 is 2.11 bits per heavy atom. The molecule has 1 aromatic heterocycles. The van der Waals surface area contributed by atoms with Crippen LogP contribution in [0.4, 0.5) is 0 Å². The lowest BCUT2D eigenvalue weighted by Gasteiger charge is -2.23. The van der Waals surface area contributed by atoms with Crippen molar-refractivity contribution in [3.05, 3.63) is 47.8 Å². The average molecular weight is 370 g/mol. The van der Waals surface area contributed by atoms with Crippen molar-refractivity contribution in [3.8, 4) is 5.75 Å². The molecule has 0 unspecified atom stereocenters. The van der Waals surface area contributed by atoms with Crippen molar-refractivity contribution < 1.29 is 9.53 Å². The third-order valence-corrected chi connectivity index (χ3v) is 5.06. The van der Waals surface area contributed by atoms with E-state index in [4.69, 9.17) is 4.74 Å². The number of rotatable bonds is 6. The van der Waals surface area contributed by atoms with E-state index in [1.54, 1.807) is 4.68 Å². The second-order valence-electron chi connectivity index (χ2n) is 8.20. The first kappa shape index (κ1) is 19.4. The second-order valence-corrected chi connectivity index (χ2v) is 8.20. The fourth-order valence-corrected chi connectivity index (χ4v) is 3.61. The molecule has 1 aliphatic rings. The van der Waals surface area contributed by atoms with Crippen molar-refractivity contribution in [1.29, 1.82) is 0 Å². The van der Waals surface area contributed by atoms with E-state index < -0.39 is 0 Å². The molecular weight excluding hydrogens is 340 g/mol. The van der Waals surface area contributed by atoms with Gasteiger partial charge in [0.05, 0.1) is 18.7 Å². The van der Waals surface area contributed by atoms with Gasteiger partial charge >= 0.3 is 0 Å². The highest BCUT2D eigenvalue weighted by molar-refractivity contribution is 5.80. The van der Waals surface area contributed by atoms with Gasteiger partial charge in [-0.2, -0.15) is 5.10 Å². The molecule has 1 aliphatic heterocycles. The summed E-state index contributed by atoms with van der Waals surface area (Å²) in [7, 11) is 1.90. The van der Waals surface area contributed by atoms with Crippen LogP contribution in [0.15, 0.2) is 36.7 Å². The van der Waals surface area contributed by atoms with E-state index in [-0.39, 0.29) is 23.2 Å². The number of nitrogens with zero attached hydrogens (tertiary/aromatic N) is 2. The van der Waals surface area contributed by atoms with Crippen LogP contribution in [0.3, 0.4) is 0 Å². The molecular formula is C21H30N4O2. The van der Waals surface area contributed by atoms with Crippen molar-refractivity contribution in [2.75, 3.05) is 26.2 Å². The molecule has 3 rings (SSSR count). The van der Waals surface area contributed by atoms with Gasteiger partial charge in [-0.1, -0.05) is 39.0 Å². The Bertz CT molecular complexity index is 778. The maximum absolute atomic E-state index is 12.6. The molecule has 2 aromatic rings. The number of hydrogen-bond donors (Lipinski definition) is 2. The highest BCUT2D eigenvalue weighted by Crippen LogP contribution is 2.31. The lowest BCUT2D eigenvalue weighted by Crippen LogP contribution is -2.36. The number of para-hydroxylation sites is 1. The smallest absolute Gasteiger partial charge is 0.225 e. The van der Waals surface area contributed by atoms with Gasteiger partial charge in [0.15, 0.2) is 0 Å². The van der Waals surface area contributed by atoms with Crippen LogP contribution in [0.2, 0.25) is 0 Å². The van der Waals surface area contributed by atoms with Crippen molar-refractivity contribution >= 4 is 5.91 Å². The molecule has 146 valence electrons. The highest BCUT2D eigenvalue weighted by atomic mass is 16.5. The van der Waals surface area contributed by atoms with Gasteiger partial charge in [-0.05, 0) is 22.6 Å². The Morgan fingerprint density at radius 1 is 1.33 bits per heavy atom. The van der Waals surface area contributed by atoms with Crippen molar-refractivity contribution in [3.63, 3.8) is 0 Å². The number of aromatic nitrogens is 2. The van der Waals surface area contributed by atoms with Gasteiger partial charge in [-0.15, -0.1) is 0 Å². The number of carbonyl (C=O) groups is 1. The van der Waals surface area contributed by atoms with Crippen LogP contribution in [-0.4, -0.2) is 41.9 Å². The number of ether oxygens (including phenoxy) is 1. The first-order valence-corrected chi connectivity index (χ1v) is 9.55. The summed E-state index contributed by atoms with van der Waals surface area (Å²) < 4.78 is 7.73. The third-order valence-electron chi connectivity index (χ3n) is 5.06. The van der Waals surface area contributed by atoms with Crippen molar-refractivity contribution in [1.82, 2.24) is 20.4 Å². The average Bonchev–Trinajstić information content (AvgIpc) is 3.26.